The Morgan fingerprint density at radius 1 is 1.32 bits per heavy atom. The summed E-state index contributed by atoms with van der Waals surface area (Å²) in [5.74, 6) is 0.652. The Morgan fingerprint density at radius 2 is 2.18 bits per heavy atom. The molecule has 1 atom stereocenters. The Morgan fingerprint density at radius 3 is 2.82 bits per heavy atom. The largest absolute Gasteiger partial charge is 0.343 e. The highest BCUT2D eigenvalue weighted by Gasteiger charge is 2.22. The van der Waals surface area contributed by atoms with E-state index in [0.717, 1.165) is 49.3 Å². The van der Waals surface area contributed by atoms with Gasteiger partial charge < -0.3 is 4.90 Å². The number of carbonyl (C=O) groups is 1. The zero-order valence-corrected chi connectivity index (χ0v) is 13.1. The molecule has 0 radical (unpaired) electrons. The van der Waals surface area contributed by atoms with Gasteiger partial charge in [0.05, 0.1) is 23.8 Å². The molecule has 0 N–H and O–H groups in total. The number of nitrogens with zero attached hydrogens (tertiary/aromatic N) is 5. The number of likely N-dealkylation sites (tertiary alicyclic amines) is 1. The minimum Gasteiger partial charge on any atom is -0.343 e. The predicted octanol–water partition coefficient (Wildman–Crippen LogP) is 1.68. The van der Waals surface area contributed by atoms with Crippen LogP contribution in [0, 0.1) is 5.92 Å². The first-order valence-electron chi connectivity index (χ1n) is 7.67. The number of carbonyl (C=O) groups excluding carboxylic acids is 1. The first-order chi connectivity index (χ1) is 10.6. The van der Waals surface area contributed by atoms with Gasteiger partial charge in [0.25, 0.3) is 0 Å². The molecular formula is C16H21N5O. The number of aromatic nitrogens is 4. The van der Waals surface area contributed by atoms with Gasteiger partial charge >= 0.3 is 0 Å². The lowest BCUT2D eigenvalue weighted by molar-refractivity contribution is -0.130. The summed E-state index contributed by atoms with van der Waals surface area (Å²) in [6.45, 7) is 3.36. The monoisotopic (exact) mass is 299 g/mol. The van der Waals surface area contributed by atoms with Gasteiger partial charge in [-0.2, -0.15) is 5.10 Å². The van der Waals surface area contributed by atoms with Crippen LogP contribution < -0.4 is 0 Å². The van der Waals surface area contributed by atoms with E-state index in [4.69, 9.17) is 0 Å². The van der Waals surface area contributed by atoms with Crippen LogP contribution in [0.4, 0.5) is 0 Å². The minimum absolute atomic E-state index is 0.169. The van der Waals surface area contributed by atoms with Crippen LogP contribution in [0.25, 0.3) is 11.3 Å². The van der Waals surface area contributed by atoms with Gasteiger partial charge in [0.2, 0.25) is 5.91 Å². The van der Waals surface area contributed by atoms with Crippen molar-refractivity contribution in [2.75, 3.05) is 13.1 Å². The fraction of sp³-hybridized carbons (Fsp3) is 0.500. The van der Waals surface area contributed by atoms with Gasteiger partial charge in [-0.1, -0.05) is 0 Å². The molecule has 1 unspecified atom stereocenters. The second kappa shape index (κ2) is 6.25. The highest BCUT2D eigenvalue weighted by atomic mass is 16.2. The van der Waals surface area contributed by atoms with Gasteiger partial charge in [-0.15, -0.1) is 0 Å². The van der Waals surface area contributed by atoms with Gasteiger partial charge in [0.1, 0.15) is 0 Å². The van der Waals surface area contributed by atoms with Gasteiger partial charge in [0, 0.05) is 45.0 Å². The fourth-order valence-electron chi connectivity index (χ4n) is 2.98. The van der Waals surface area contributed by atoms with E-state index in [1.807, 2.05) is 24.3 Å². The summed E-state index contributed by atoms with van der Waals surface area (Å²) in [6, 6.07) is 0. The van der Waals surface area contributed by atoms with Crippen LogP contribution in [-0.2, 0) is 18.3 Å². The minimum atomic E-state index is 0.169. The third kappa shape index (κ3) is 3.32. The first-order valence-corrected chi connectivity index (χ1v) is 7.67. The molecule has 0 aromatic carbocycles. The van der Waals surface area contributed by atoms with Gasteiger partial charge in [-0.3, -0.25) is 19.4 Å². The Kier molecular flexibility index (Phi) is 4.18. The summed E-state index contributed by atoms with van der Waals surface area (Å²) in [5, 5.41) is 4.15. The maximum Gasteiger partial charge on any atom is 0.219 e. The SMILES string of the molecule is CC(=O)N1CCCC(Cc2cnc(-c3cnn(C)c3)cn2)C1. The number of rotatable bonds is 3. The summed E-state index contributed by atoms with van der Waals surface area (Å²) < 4.78 is 1.75. The van der Waals surface area contributed by atoms with Crippen molar-refractivity contribution in [3.63, 3.8) is 0 Å². The van der Waals surface area contributed by atoms with E-state index in [1.165, 1.54) is 0 Å². The van der Waals surface area contributed by atoms with Crippen molar-refractivity contribution in [3.05, 3.63) is 30.5 Å². The van der Waals surface area contributed by atoms with Crippen LogP contribution in [0.5, 0.6) is 0 Å². The summed E-state index contributed by atoms with van der Waals surface area (Å²) in [6.07, 6.45) is 10.5. The number of aryl methyl sites for hydroxylation is 1. The fourth-order valence-corrected chi connectivity index (χ4v) is 2.98. The van der Waals surface area contributed by atoms with E-state index >= 15 is 0 Å². The lowest BCUT2D eigenvalue weighted by atomic mass is 9.93. The number of amides is 1. The zero-order chi connectivity index (χ0) is 15.5. The second-order valence-corrected chi connectivity index (χ2v) is 5.97. The van der Waals surface area contributed by atoms with Crippen LogP contribution >= 0.6 is 0 Å². The smallest absolute Gasteiger partial charge is 0.219 e. The Balaban J connectivity index is 1.65. The molecule has 1 aliphatic rings. The quantitative estimate of drug-likeness (QED) is 0.865. The molecular weight excluding hydrogens is 278 g/mol. The molecule has 0 bridgehead atoms. The molecule has 0 aliphatic carbocycles. The average molecular weight is 299 g/mol. The lowest BCUT2D eigenvalue weighted by Gasteiger charge is -2.31. The molecule has 22 heavy (non-hydrogen) atoms. The van der Waals surface area contributed by atoms with Crippen LogP contribution in [0.3, 0.4) is 0 Å². The van der Waals surface area contributed by atoms with Crippen LogP contribution in [-0.4, -0.2) is 43.6 Å². The van der Waals surface area contributed by atoms with E-state index in [-0.39, 0.29) is 5.91 Å². The Bertz CT molecular complexity index is 649. The topological polar surface area (TPSA) is 63.9 Å². The molecule has 1 aliphatic heterocycles. The summed E-state index contributed by atoms with van der Waals surface area (Å²) in [7, 11) is 1.88. The molecule has 2 aromatic heterocycles. The van der Waals surface area contributed by atoms with Crippen LogP contribution in [0.2, 0.25) is 0 Å². The molecule has 6 heteroatoms. The van der Waals surface area contributed by atoms with E-state index in [2.05, 4.69) is 15.1 Å². The van der Waals surface area contributed by atoms with Crippen molar-refractivity contribution in [2.24, 2.45) is 13.0 Å². The summed E-state index contributed by atoms with van der Waals surface area (Å²) in [4.78, 5) is 22.4. The normalized spacial score (nSPS) is 18.5. The molecule has 6 nitrogen and oxygen atoms in total. The molecule has 1 saturated heterocycles. The Labute approximate surface area is 130 Å². The third-order valence-corrected chi connectivity index (χ3v) is 4.17. The van der Waals surface area contributed by atoms with E-state index < -0.39 is 0 Å². The van der Waals surface area contributed by atoms with Gasteiger partial charge in [0.15, 0.2) is 0 Å². The molecule has 0 saturated carbocycles. The van der Waals surface area contributed by atoms with E-state index in [0.29, 0.717) is 5.92 Å². The van der Waals surface area contributed by atoms with E-state index in [9.17, 15) is 4.79 Å². The molecule has 1 amide bonds. The van der Waals surface area contributed by atoms with Crippen LogP contribution in [0.1, 0.15) is 25.5 Å². The van der Waals surface area contributed by atoms with Crippen LogP contribution in [0.15, 0.2) is 24.8 Å². The molecule has 3 heterocycles. The van der Waals surface area contributed by atoms with Gasteiger partial charge in [-0.25, -0.2) is 0 Å². The molecule has 116 valence electrons. The summed E-state index contributed by atoms with van der Waals surface area (Å²) in [5.41, 5.74) is 2.80. The number of piperidine rings is 1. The van der Waals surface area contributed by atoms with Crippen molar-refractivity contribution in [1.29, 1.82) is 0 Å². The molecule has 3 rings (SSSR count). The number of hydrogen-bond acceptors (Lipinski definition) is 4. The highest BCUT2D eigenvalue weighted by Crippen LogP contribution is 2.21. The van der Waals surface area contributed by atoms with Crippen molar-refractivity contribution >= 4 is 5.91 Å². The van der Waals surface area contributed by atoms with E-state index in [1.54, 1.807) is 24.0 Å². The van der Waals surface area contributed by atoms with Crippen molar-refractivity contribution in [3.8, 4) is 11.3 Å². The maximum absolute atomic E-state index is 11.5. The Hall–Kier alpha value is -2.24. The standard InChI is InChI=1S/C16H21N5O/c1-12(22)21-5-3-4-13(10-21)6-15-8-18-16(9-17-15)14-7-19-20(2)11-14/h7-9,11,13H,3-6,10H2,1-2H3. The number of hydrogen-bond donors (Lipinski definition) is 0. The van der Waals surface area contributed by atoms with Crippen molar-refractivity contribution < 1.29 is 4.79 Å². The maximum atomic E-state index is 11.5. The first kappa shape index (κ1) is 14.7. The summed E-state index contributed by atoms with van der Waals surface area (Å²) >= 11 is 0. The predicted molar refractivity (Wildman–Crippen MR) is 82.9 cm³/mol. The van der Waals surface area contributed by atoms with Crippen molar-refractivity contribution in [2.45, 2.75) is 26.2 Å². The molecule has 2 aromatic rings. The molecule has 1 fully saturated rings. The zero-order valence-electron chi connectivity index (χ0n) is 13.1. The average Bonchev–Trinajstić information content (AvgIpc) is 2.95. The third-order valence-electron chi connectivity index (χ3n) is 4.17. The van der Waals surface area contributed by atoms with Crippen molar-refractivity contribution in [1.82, 2.24) is 24.6 Å². The van der Waals surface area contributed by atoms with Gasteiger partial charge in [-0.05, 0) is 25.2 Å². The molecule has 0 spiro atoms. The highest BCUT2D eigenvalue weighted by molar-refractivity contribution is 5.73. The second-order valence-electron chi connectivity index (χ2n) is 5.97. The lowest BCUT2D eigenvalue weighted by Crippen LogP contribution is -2.39.